The molecule has 2 unspecified atom stereocenters. The van der Waals surface area contributed by atoms with Crippen LogP contribution in [-0.2, 0) is 15.5 Å². The number of rotatable bonds is 4. The molecule has 2 heterocycles. The molecule has 2 aromatic carbocycles. The van der Waals surface area contributed by atoms with Crippen molar-refractivity contribution in [2.24, 2.45) is 0 Å². The third-order valence-electron chi connectivity index (χ3n) is 4.43. The Morgan fingerprint density at radius 1 is 1.27 bits per heavy atom. The van der Waals surface area contributed by atoms with Gasteiger partial charge in [-0.3, -0.25) is 14.0 Å². The Morgan fingerprint density at radius 2 is 2.04 bits per heavy atom. The summed E-state index contributed by atoms with van der Waals surface area (Å²) >= 11 is 1.39. The molecule has 0 bridgehead atoms. The highest BCUT2D eigenvalue weighted by molar-refractivity contribution is 7.55. The lowest BCUT2D eigenvalue weighted by Gasteiger charge is -2.23. The molecular formula is C18H16FN2O3PS. The van der Waals surface area contributed by atoms with Crippen molar-refractivity contribution in [3.05, 3.63) is 64.9 Å². The van der Waals surface area contributed by atoms with Crippen molar-refractivity contribution < 1.29 is 18.6 Å². The number of nitrogens with zero attached hydrogens (tertiary/aromatic N) is 2. The lowest BCUT2D eigenvalue weighted by molar-refractivity contribution is -0.124. The van der Waals surface area contributed by atoms with Gasteiger partial charge in [-0.15, -0.1) is 11.3 Å². The van der Waals surface area contributed by atoms with Crippen LogP contribution in [0, 0.1) is 5.82 Å². The number of carbonyl (C=O) groups excluding carboxylic acids is 1. The van der Waals surface area contributed by atoms with Crippen LogP contribution in [0.1, 0.15) is 22.9 Å². The van der Waals surface area contributed by atoms with Gasteiger partial charge in [-0.1, -0.05) is 30.3 Å². The Morgan fingerprint density at radius 3 is 2.81 bits per heavy atom. The molecule has 1 aliphatic rings. The number of halogens is 1. The second-order valence-corrected chi connectivity index (χ2v) is 9.54. The van der Waals surface area contributed by atoms with Crippen molar-refractivity contribution in [1.29, 1.82) is 0 Å². The van der Waals surface area contributed by atoms with E-state index in [1.54, 1.807) is 30.3 Å². The Kier molecular flexibility index (Phi) is 4.39. The van der Waals surface area contributed by atoms with Gasteiger partial charge in [-0.2, -0.15) is 0 Å². The second-order valence-electron chi connectivity index (χ2n) is 6.35. The zero-order valence-electron chi connectivity index (χ0n) is 13.7. The number of hydrogen-bond donors (Lipinski definition) is 1. The Balaban J connectivity index is 1.56. The highest BCUT2D eigenvalue weighted by atomic mass is 32.1. The summed E-state index contributed by atoms with van der Waals surface area (Å²) in [6.45, 7) is 0.155. The lowest BCUT2D eigenvalue weighted by Crippen LogP contribution is -2.22. The standard InChI is InChI=1S/C18H16FN2O3PS/c19-14-6-7-16-15(9-14)20-18(26-16)13-8-17(22)21(10-13)25(23,24)11-12-4-2-1-3-5-12/h1-7,9,13H,8,10-11H2,(H,23,24). The molecule has 0 saturated carbocycles. The van der Waals surface area contributed by atoms with Crippen molar-refractivity contribution in [3.8, 4) is 0 Å². The predicted molar refractivity (Wildman–Crippen MR) is 98.6 cm³/mol. The number of amides is 1. The number of aromatic nitrogens is 1. The van der Waals surface area contributed by atoms with E-state index in [9.17, 15) is 18.6 Å². The van der Waals surface area contributed by atoms with Gasteiger partial charge < -0.3 is 4.89 Å². The summed E-state index contributed by atoms with van der Waals surface area (Å²) in [6, 6.07) is 13.3. The lowest BCUT2D eigenvalue weighted by atomic mass is 10.1. The van der Waals surface area contributed by atoms with Gasteiger partial charge in [0, 0.05) is 24.9 Å². The van der Waals surface area contributed by atoms with E-state index in [2.05, 4.69) is 4.98 Å². The normalized spacial score (nSPS) is 19.8. The average Bonchev–Trinajstić information content (AvgIpc) is 3.18. The van der Waals surface area contributed by atoms with Crippen molar-refractivity contribution >= 4 is 35.0 Å². The summed E-state index contributed by atoms with van der Waals surface area (Å²) in [7, 11) is -3.82. The highest BCUT2D eigenvalue weighted by Crippen LogP contribution is 2.53. The number of carbonyl (C=O) groups is 1. The topological polar surface area (TPSA) is 70.5 Å². The maximum Gasteiger partial charge on any atom is 0.300 e. The average molecular weight is 390 g/mol. The SMILES string of the molecule is O=C1CC(c2nc3cc(F)ccc3s2)CN1P(=O)(O)Cc1ccccc1. The van der Waals surface area contributed by atoms with Crippen LogP contribution in [-0.4, -0.2) is 27.0 Å². The first-order valence-corrected chi connectivity index (χ1v) is 10.8. The summed E-state index contributed by atoms with van der Waals surface area (Å²) in [6.07, 6.45) is 0.0685. The molecule has 0 spiro atoms. The van der Waals surface area contributed by atoms with Crippen LogP contribution in [0.3, 0.4) is 0 Å². The van der Waals surface area contributed by atoms with Crippen molar-refractivity contribution in [2.75, 3.05) is 6.54 Å². The third-order valence-corrected chi connectivity index (χ3v) is 7.54. The van der Waals surface area contributed by atoms with Crippen molar-refractivity contribution in [2.45, 2.75) is 18.5 Å². The first-order valence-electron chi connectivity index (χ1n) is 8.15. The van der Waals surface area contributed by atoms with Crippen LogP contribution in [0.2, 0.25) is 0 Å². The fraction of sp³-hybridized carbons (Fsp3) is 0.222. The fourth-order valence-electron chi connectivity index (χ4n) is 3.16. The zero-order chi connectivity index (χ0) is 18.3. The van der Waals surface area contributed by atoms with Crippen molar-refractivity contribution in [1.82, 2.24) is 9.65 Å². The third kappa shape index (κ3) is 3.30. The van der Waals surface area contributed by atoms with Gasteiger partial charge in [0.25, 0.3) is 7.52 Å². The van der Waals surface area contributed by atoms with Crippen LogP contribution in [0.15, 0.2) is 48.5 Å². The maximum absolute atomic E-state index is 13.3. The van der Waals surface area contributed by atoms with Crippen molar-refractivity contribution in [3.63, 3.8) is 0 Å². The summed E-state index contributed by atoms with van der Waals surface area (Å²) in [5, 5.41) is 0.696. The molecule has 1 saturated heterocycles. The van der Waals surface area contributed by atoms with E-state index in [1.165, 1.54) is 23.5 Å². The smallest absolute Gasteiger partial charge is 0.300 e. The highest BCUT2D eigenvalue weighted by Gasteiger charge is 2.41. The van der Waals surface area contributed by atoms with Crippen LogP contribution in [0.5, 0.6) is 0 Å². The first-order chi connectivity index (χ1) is 12.4. The largest absolute Gasteiger partial charge is 0.329 e. The fourth-order valence-corrected chi connectivity index (χ4v) is 5.94. The number of hydrogen-bond acceptors (Lipinski definition) is 4. The Bertz CT molecular complexity index is 1020. The minimum atomic E-state index is -3.82. The summed E-state index contributed by atoms with van der Waals surface area (Å²) in [5.41, 5.74) is 1.26. The van der Waals surface area contributed by atoms with E-state index >= 15 is 0 Å². The molecule has 4 rings (SSSR count). The van der Waals surface area contributed by atoms with Crippen LogP contribution >= 0.6 is 18.9 Å². The molecule has 0 aliphatic carbocycles. The van der Waals surface area contributed by atoms with Gasteiger partial charge in [-0.05, 0) is 17.7 Å². The summed E-state index contributed by atoms with van der Waals surface area (Å²) in [5.74, 6) is -0.956. The van der Waals surface area contributed by atoms with E-state index < -0.39 is 7.52 Å². The monoisotopic (exact) mass is 390 g/mol. The van der Waals surface area contributed by atoms with Crippen LogP contribution in [0.4, 0.5) is 4.39 Å². The molecule has 26 heavy (non-hydrogen) atoms. The van der Waals surface area contributed by atoms with Gasteiger partial charge in [0.2, 0.25) is 5.91 Å². The van der Waals surface area contributed by atoms with E-state index in [1.807, 2.05) is 6.07 Å². The summed E-state index contributed by atoms with van der Waals surface area (Å²) in [4.78, 5) is 27.3. The van der Waals surface area contributed by atoms with Crippen LogP contribution in [0.25, 0.3) is 10.2 Å². The van der Waals surface area contributed by atoms with Gasteiger partial charge in [-0.25, -0.2) is 9.37 Å². The zero-order valence-corrected chi connectivity index (χ0v) is 15.4. The minimum absolute atomic E-state index is 0.0721. The van der Waals surface area contributed by atoms with E-state index in [-0.39, 0.29) is 36.8 Å². The molecule has 8 heteroatoms. The Labute approximate surface area is 153 Å². The molecule has 0 radical (unpaired) electrons. The number of fused-ring (bicyclic) bond motifs is 1. The Hall–Kier alpha value is -2.08. The molecule has 3 aromatic rings. The van der Waals surface area contributed by atoms with Crippen LogP contribution < -0.4 is 0 Å². The quantitative estimate of drug-likeness (QED) is 0.680. The molecule has 1 aromatic heterocycles. The number of benzene rings is 2. The molecular weight excluding hydrogens is 374 g/mol. The first kappa shape index (κ1) is 17.3. The van der Waals surface area contributed by atoms with E-state index in [0.717, 1.165) is 9.37 Å². The second kappa shape index (κ2) is 6.58. The maximum atomic E-state index is 13.3. The molecule has 134 valence electrons. The molecule has 5 nitrogen and oxygen atoms in total. The van der Waals surface area contributed by atoms with Gasteiger partial charge in [0.15, 0.2) is 0 Å². The molecule has 2 atom stereocenters. The molecule has 1 fully saturated rings. The number of thiazole rings is 1. The summed E-state index contributed by atoms with van der Waals surface area (Å²) < 4.78 is 28.1. The van der Waals surface area contributed by atoms with Gasteiger partial charge in [0.05, 0.1) is 21.4 Å². The molecule has 1 N–H and O–H groups in total. The van der Waals surface area contributed by atoms with E-state index in [0.29, 0.717) is 16.1 Å². The van der Waals surface area contributed by atoms with E-state index in [4.69, 9.17) is 0 Å². The van der Waals surface area contributed by atoms with Gasteiger partial charge in [0.1, 0.15) is 5.82 Å². The van der Waals surface area contributed by atoms with Gasteiger partial charge >= 0.3 is 0 Å². The minimum Gasteiger partial charge on any atom is -0.329 e. The predicted octanol–water partition coefficient (Wildman–Crippen LogP) is 4.14. The molecule has 1 aliphatic heterocycles. The molecule has 1 amide bonds.